The number of hydrogen-bond donors (Lipinski definition) is 0. The second-order valence-electron chi connectivity index (χ2n) is 4.52. The zero-order valence-corrected chi connectivity index (χ0v) is 12.5. The molecule has 0 aliphatic carbocycles. The predicted molar refractivity (Wildman–Crippen MR) is 76.6 cm³/mol. The number of halogens is 2. The molecule has 106 valence electrons. The lowest BCUT2D eigenvalue weighted by atomic mass is 10.4. The summed E-state index contributed by atoms with van der Waals surface area (Å²) in [6.45, 7) is 4.06. The summed E-state index contributed by atoms with van der Waals surface area (Å²) in [5.74, 6) is 0.911. The summed E-state index contributed by atoms with van der Waals surface area (Å²) in [5.41, 5.74) is 0. The molecule has 1 saturated heterocycles. The Hall–Kier alpha value is -0.710. The van der Waals surface area contributed by atoms with Crippen LogP contribution in [0.1, 0.15) is 19.3 Å². The maximum Gasteiger partial charge on any atom is 0.258 e. The lowest BCUT2D eigenvalue weighted by Crippen LogP contribution is -2.22. The largest absolute Gasteiger partial charge is 0.491 e. The van der Waals surface area contributed by atoms with Crippen molar-refractivity contribution in [1.82, 2.24) is 9.88 Å². The fourth-order valence-electron chi connectivity index (χ4n) is 2.15. The van der Waals surface area contributed by atoms with Crippen LogP contribution in [0.2, 0.25) is 10.2 Å². The van der Waals surface area contributed by atoms with Crippen molar-refractivity contribution >= 4 is 23.2 Å². The molecular weight excluding hydrogens is 287 g/mol. The van der Waals surface area contributed by atoms with E-state index in [-0.39, 0.29) is 5.15 Å². The molecule has 0 radical (unpaired) electrons. The molecule has 0 bridgehead atoms. The van der Waals surface area contributed by atoms with Crippen molar-refractivity contribution in [1.29, 1.82) is 0 Å². The first kappa shape index (κ1) is 14.7. The van der Waals surface area contributed by atoms with Crippen LogP contribution in [-0.4, -0.2) is 43.2 Å². The smallest absolute Gasteiger partial charge is 0.258 e. The zero-order chi connectivity index (χ0) is 13.7. The van der Waals surface area contributed by atoms with Crippen molar-refractivity contribution in [2.75, 3.05) is 33.4 Å². The van der Waals surface area contributed by atoms with E-state index in [9.17, 15) is 0 Å². The summed E-state index contributed by atoms with van der Waals surface area (Å²) in [7, 11) is 1.55. The quantitative estimate of drug-likeness (QED) is 0.597. The summed E-state index contributed by atoms with van der Waals surface area (Å²) in [5, 5.41) is 0.597. The molecule has 0 atom stereocenters. The highest BCUT2D eigenvalue weighted by Crippen LogP contribution is 2.32. The minimum atomic E-state index is 0.233. The third-order valence-corrected chi connectivity index (χ3v) is 3.81. The molecular formula is C13H18Cl2N2O2. The second-order valence-corrected chi connectivity index (χ2v) is 5.28. The number of rotatable bonds is 6. The third kappa shape index (κ3) is 4.13. The molecule has 0 saturated carbocycles. The van der Waals surface area contributed by atoms with Crippen molar-refractivity contribution in [2.24, 2.45) is 0 Å². The molecule has 0 N–H and O–H groups in total. The SMILES string of the molecule is COc1cc(Cl)c(Cl)nc1OCCCN1CCCC1. The van der Waals surface area contributed by atoms with Crippen molar-refractivity contribution < 1.29 is 9.47 Å². The molecule has 2 rings (SSSR count). The van der Waals surface area contributed by atoms with Crippen molar-refractivity contribution in [3.63, 3.8) is 0 Å². The van der Waals surface area contributed by atoms with Crippen LogP contribution in [-0.2, 0) is 0 Å². The second kappa shape index (κ2) is 7.17. The molecule has 1 aliphatic rings. The zero-order valence-electron chi connectivity index (χ0n) is 11.0. The number of aromatic nitrogens is 1. The van der Waals surface area contributed by atoms with E-state index in [0.29, 0.717) is 23.3 Å². The first-order valence-corrected chi connectivity index (χ1v) is 7.21. The van der Waals surface area contributed by atoms with Gasteiger partial charge in [-0.2, -0.15) is 4.98 Å². The average molecular weight is 305 g/mol. The van der Waals surface area contributed by atoms with Crippen molar-refractivity contribution in [3.05, 3.63) is 16.2 Å². The maximum absolute atomic E-state index is 5.88. The lowest BCUT2D eigenvalue weighted by Gasteiger charge is -2.15. The van der Waals surface area contributed by atoms with Crippen LogP contribution in [0.25, 0.3) is 0 Å². The van der Waals surface area contributed by atoms with Gasteiger partial charge in [0.15, 0.2) is 10.9 Å². The Balaban J connectivity index is 1.82. The van der Waals surface area contributed by atoms with Crippen LogP contribution in [0.15, 0.2) is 6.07 Å². The molecule has 6 heteroatoms. The van der Waals surface area contributed by atoms with Gasteiger partial charge in [-0.25, -0.2) is 0 Å². The molecule has 0 aromatic carbocycles. The summed E-state index contributed by atoms with van der Waals surface area (Å²) in [4.78, 5) is 6.53. The fourth-order valence-corrected chi connectivity index (χ4v) is 2.42. The molecule has 1 fully saturated rings. The van der Waals surface area contributed by atoms with E-state index in [4.69, 9.17) is 32.7 Å². The molecule has 2 heterocycles. The van der Waals surface area contributed by atoms with E-state index in [0.717, 1.165) is 13.0 Å². The highest BCUT2D eigenvalue weighted by atomic mass is 35.5. The topological polar surface area (TPSA) is 34.6 Å². The van der Waals surface area contributed by atoms with Crippen LogP contribution in [0.3, 0.4) is 0 Å². The Morgan fingerprint density at radius 1 is 1.32 bits per heavy atom. The van der Waals surface area contributed by atoms with Crippen LogP contribution in [0, 0.1) is 0 Å². The van der Waals surface area contributed by atoms with Gasteiger partial charge in [0.25, 0.3) is 5.88 Å². The summed E-state index contributed by atoms with van der Waals surface area (Å²) in [6, 6.07) is 1.62. The number of nitrogens with zero attached hydrogens (tertiary/aromatic N) is 2. The highest BCUT2D eigenvalue weighted by Gasteiger charge is 2.13. The molecule has 1 aromatic rings. The third-order valence-electron chi connectivity index (χ3n) is 3.14. The monoisotopic (exact) mass is 304 g/mol. The van der Waals surface area contributed by atoms with Crippen LogP contribution in [0.4, 0.5) is 0 Å². The van der Waals surface area contributed by atoms with E-state index < -0.39 is 0 Å². The number of hydrogen-bond acceptors (Lipinski definition) is 4. The van der Waals surface area contributed by atoms with Gasteiger partial charge in [-0.05, 0) is 32.4 Å². The molecule has 0 amide bonds. The molecule has 0 unspecified atom stereocenters. The average Bonchev–Trinajstić information content (AvgIpc) is 2.91. The van der Waals surface area contributed by atoms with E-state index in [1.165, 1.54) is 25.9 Å². The van der Waals surface area contributed by atoms with Crippen LogP contribution >= 0.6 is 23.2 Å². The van der Waals surface area contributed by atoms with Crippen LogP contribution < -0.4 is 9.47 Å². The molecule has 1 aromatic heterocycles. The Morgan fingerprint density at radius 3 is 2.74 bits per heavy atom. The van der Waals surface area contributed by atoms with Gasteiger partial charge in [-0.1, -0.05) is 23.2 Å². The van der Waals surface area contributed by atoms with E-state index in [2.05, 4.69) is 9.88 Å². The summed E-state index contributed by atoms with van der Waals surface area (Å²) in [6.07, 6.45) is 3.58. The summed E-state index contributed by atoms with van der Waals surface area (Å²) >= 11 is 11.7. The fraction of sp³-hybridized carbons (Fsp3) is 0.615. The first-order chi connectivity index (χ1) is 9.20. The number of ether oxygens (including phenoxy) is 2. The van der Waals surface area contributed by atoms with Gasteiger partial charge < -0.3 is 14.4 Å². The Kier molecular flexibility index (Phi) is 5.55. The minimum Gasteiger partial charge on any atom is -0.491 e. The van der Waals surface area contributed by atoms with Gasteiger partial charge in [-0.3, -0.25) is 0 Å². The van der Waals surface area contributed by atoms with Gasteiger partial charge in [0, 0.05) is 12.6 Å². The number of pyridine rings is 1. The highest BCUT2D eigenvalue weighted by molar-refractivity contribution is 6.41. The molecule has 19 heavy (non-hydrogen) atoms. The van der Waals surface area contributed by atoms with Crippen LogP contribution in [0.5, 0.6) is 11.6 Å². The number of likely N-dealkylation sites (tertiary alicyclic amines) is 1. The van der Waals surface area contributed by atoms with Gasteiger partial charge in [0.05, 0.1) is 18.7 Å². The maximum atomic E-state index is 5.88. The van der Waals surface area contributed by atoms with E-state index in [1.807, 2.05) is 0 Å². The van der Waals surface area contributed by atoms with Gasteiger partial charge in [-0.15, -0.1) is 0 Å². The van der Waals surface area contributed by atoms with Gasteiger partial charge in [0.1, 0.15) is 0 Å². The molecule has 0 spiro atoms. The summed E-state index contributed by atoms with van der Waals surface area (Å²) < 4.78 is 10.8. The van der Waals surface area contributed by atoms with Gasteiger partial charge in [0.2, 0.25) is 0 Å². The van der Waals surface area contributed by atoms with E-state index in [1.54, 1.807) is 13.2 Å². The van der Waals surface area contributed by atoms with Crippen molar-refractivity contribution in [3.8, 4) is 11.6 Å². The normalized spacial score (nSPS) is 15.7. The first-order valence-electron chi connectivity index (χ1n) is 6.46. The van der Waals surface area contributed by atoms with Crippen molar-refractivity contribution in [2.45, 2.75) is 19.3 Å². The standard InChI is InChI=1S/C13H18Cl2N2O2/c1-18-11-9-10(14)12(15)16-13(11)19-8-4-7-17-5-2-3-6-17/h9H,2-8H2,1H3. The van der Waals surface area contributed by atoms with Gasteiger partial charge >= 0.3 is 0 Å². The Bertz CT molecular complexity index is 423. The Morgan fingerprint density at radius 2 is 2.05 bits per heavy atom. The lowest BCUT2D eigenvalue weighted by molar-refractivity contribution is 0.247. The molecule has 1 aliphatic heterocycles. The Labute approximate surface area is 123 Å². The minimum absolute atomic E-state index is 0.233. The van der Waals surface area contributed by atoms with E-state index >= 15 is 0 Å². The predicted octanol–water partition coefficient (Wildman–Crippen LogP) is 3.26. The number of methoxy groups -OCH3 is 1. The molecule has 4 nitrogen and oxygen atoms in total.